The van der Waals surface area contributed by atoms with Crippen LogP contribution in [0.1, 0.15) is 42.5 Å². The highest BCUT2D eigenvalue weighted by Crippen LogP contribution is 2.24. The van der Waals surface area contributed by atoms with Crippen molar-refractivity contribution in [2.75, 3.05) is 18.2 Å². The van der Waals surface area contributed by atoms with Crippen molar-refractivity contribution >= 4 is 29.3 Å². The molecule has 10 heteroatoms. The monoisotopic (exact) mass is 547 g/mol. The van der Waals surface area contributed by atoms with Gasteiger partial charge in [-0.15, -0.1) is 10.2 Å². The van der Waals surface area contributed by atoms with Crippen LogP contribution in [0.25, 0.3) is 5.69 Å². The maximum atomic E-state index is 13.6. The lowest BCUT2D eigenvalue weighted by molar-refractivity contribution is -0.113. The molecular formula is C29H30FN5O3S. The van der Waals surface area contributed by atoms with Crippen molar-refractivity contribution in [2.45, 2.75) is 37.9 Å². The Bertz CT molecular complexity index is 1430. The van der Waals surface area contributed by atoms with Crippen molar-refractivity contribution in [3.63, 3.8) is 0 Å². The molecule has 0 aliphatic carbocycles. The number of thioether (sulfide) groups is 1. The molecule has 202 valence electrons. The van der Waals surface area contributed by atoms with Crippen LogP contribution in [-0.4, -0.2) is 39.4 Å². The van der Waals surface area contributed by atoms with E-state index in [4.69, 9.17) is 4.74 Å². The normalized spacial score (nSPS) is 11.2. The van der Waals surface area contributed by atoms with Gasteiger partial charge in [-0.1, -0.05) is 44.7 Å². The number of halogens is 1. The number of nitrogens with zero attached hydrogens (tertiary/aromatic N) is 3. The van der Waals surface area contributed by atoms with Gasteiger partial charge in [0.05, 0.1) is 19.4 Å². The summed E-state index contributed by atoms with van der Waals surface area (Å²) >= 11 is 1.18. The van der Waals surface area contributed by atoms with E-state index in [2.05, 4.69) is 41.6 Å². The Morgan fingerprint density at radius 3 is 2.23 bits per heavy atom. The number of carbonyl (C=O) groups excluding carboxylic acids is 2. The van der Waals surface area contributed by atoms with E-state index in [-0.39, 0.29) is 35.3 Å². The number of anilines is 1. The van der Waals surface area contributed by atoms with Gasteiger partial charge >= 0.3 is 0 Å². The van der Waals surface area contributed by atoms with E-state index in [1.165, 1.54) is 23.9 Å². The summed E-state index contributed by atoms with van der Waals surface area (Å²) in [6.45, 7) is 6.43. The third-order valence-corrected chi connectivity index (χ3v) is 6.84. The van der Waals surface area contributed by atoms with Gasteiger partial charge in [-0.3, -0.25) is 14.2 Å². The van der Waals surface area contributed by atoms with Gasteiger partial charge < -0.3 is 15.4 Å². The van der Waals surface area contributed by atoms with Crippen LogP contribution < -0.4 is 15.4 Å². The lowest BCUT2D eigenvalue weighted by atomic mass is 9.87. The molecule has 2 amide bonds. The summed E-state index contributed by atoms with van der Waals surface area (Å²) in [7, 11) is 1.57. The van der Waals surface area contributed by atoms with Crippen LogP contribution in [0.4, 0.5) is 10.1 Å². The number of aromatic nitrogens is 3. The topological polar surface area (TPSA) is 98.1 Å². The predicted octanol–water partition coefficient (Wildman–Crippen LogP) is 5.37. The lowest BCUT2D eigenvalue weighted by Crippen LogP contribution is -2.25. The largest absolute Gasteiger partial charge is 0.497 e. The number of ether oxygens (including phenoxy) is 1. The zero-order valence-corrected chi connectivity index (χ0v) is 23.0. The SMILES string of the molecule is COc1ccc(NC(=O)CSc2nnc(CNC(=O)c3ccc(C(C)(C)C)cc3)n2-c2ccc(F)cc2)cc1. The summed E-state index contributed by atoms with van der Waals surface area (Å²) in [5, 5.41) is 14.6. The zero-order chi connectivity index (χ0) is 28.0. The fourth-order valence-corrected chi connectivity index (χ4v) is 4.51. The molecule has 0 saturated heterocycles. The highest BCUT2D eigenvalue weighted by Gasteiger charge is 2.18. The summed E-state index contributed by atoms with van der Waals surface area (Å²) in [6, 6.07) is 20.3. The molecule has 4 aromatic rings. The maximum Gasteiger partial charge on any atom is 0.251 e. The first kappa shape index (κ1) is 27.8. The molecule has 0 aliphatic rings. The first-order valence-corrected chi connectivity index (χ1v) is 13.3. The number of methoxy groups -OCH3 is 1. The molecular weight excluding hydrogens is 517 g/mol. The van der Waals surface area contributed by atoms with Gasteiger partial charge in [0.15, 0.2) is 11.0 Å². The van der Waals surface area contributed by atoms with E-state index in [0.717, 1.165) is 5.56 Å². The Morgan fingerprint density at radius 1 is 0.949 bits per heavy atom. The van der Waals surface area contributed by atoms with E-state index in [1.54, 1.807) is 60.2 Å². The van der Waals surface area contributed by atoms with E-state index < -0.39 is 0 Å². The second-order valence-electron chi connectivity index (χ2n) is 9.79. The average molecular weight is 548 g/mol. The van der Waals surface area contributed by atoms with Gasteiger partial charge in [0.25, 0.3) is 5.91 Å². The van der Waals surface area contributed by atoms with E-state index in [1.807, 2.05) is 12.1 Å². The van der Waals surface area contributed by atoms with E-state index >= 15 is 0 Å². The van der Waals surface area contributed by atoms with E-state index in [9.17, 15) is 14.0 Å². The summed E-state index contributed by atoms with van der Waals surface area (Å²) in [5.41, 5.74) is 2.90. The van der Waals surface area contributed by atoms with Crippen LogP contribution in [0.3, 0.4) is 0 Å². The molecule has 3 aromatic carbocycles. The molecule has 1 aromatic heterocycles. The number of benzene rings is 3. The van der Waals surface area contributed by atoms with Gasteiger partial charge in [-0.05, 0) is 71.6 Å². The number of hydrogen-bond acceptors (Lipinski definition) is 6. The van der Waals surface area contributed by atoms with Crippen LogP contribution in [-0.2, 0) is 16.8 Å². The minimum Gasteiger partial charge on any atom is -0.497 e. The Morgan fingerprint density at radius 2 is 1.62 bits per heavy atom. The van der Waals surface area contributed by atoms with Gasteiger partial charge in [0, 0.05) is 16.9 Å². The van der Waals surface area contributed by atoms with Crippen LogP contribution in [0, 0.1) is 5.82 Å². The molecule has 0 atom stereocenters. The highest BCUT2D eigenvalue weighted by atomic mass is 32.2. The summed E-state index contributed by atoms with van der Waals surface area (Å²) in [5.74, 6) is 0.339. The van der Waals surface area contributed by atoms with Crippen molar-refractivity contribution in [1.82, 2.24) is 20.1 Å². The molecule has 0 aliphatic heterocycles. The van der Waals surface area contributed by atoms with Crippen molar-refractivity contribution in [2.24, 2.45) is 0 Å². The molecule has 1 heterocycles. The quantitative estimate of drug-likeness (QED) is 0.273. The molecule has 39 heavy (non-hydrogen) atoms. The molecule has 0 saturated carbocycles. The number of amides is 2. The minimum absolute atomic E-state index is 0.0137. The van der Waals surface area contributed by atoms with Gasteiger partial charge in [-0.2, -0.15) is 0 Å². The molecule has 2 N–H and O–H groups in total. The highest BCUT2D eigenvalue weighted by molar-refractivity contribution is 7.99. The average Bonchev–Trinajstić information content (AvgIpc) is 3.33. The van der Waals surface area contributed by atoms with Gasteiger partial charge in [-0.25, -0.2) is 4.39 Å². The molecule has 8 nitrogen and oxygen atoms in total. The van der Waals surface area contributed by atoms with Crippen molar-refractivity contribution in [3.8, 4) is 11.4 Å². The third kappa shape index (κ3) is 7.23. The molecule has 0 fully saturated rings. The first-order chi connectivity index (χ1) is 18.6. The van der Waals surface area contributed by atoms with Crippen LogP contribution in [0.15, 0.2) is 78.0 Å². The molecule has 0 spiro atoms. The Balaban J connectivity index is 1.47. The number of rotatable bonds is 9. The molecule has 0 unspecified atom stereocenters. The number of carbonyl (C=O) groups is 2. The standard InChI is InChI=1S/C29H30FN5O3S/c1-29(2,3)20-7-5-19(6-8-20)27(37)31-17-25-33-34-28(35(25)23-13-9-21(30)10-14-23)39-18-26(36)32-22-11-15-24(38-4)16-12-22/h5-16H,17-18H2,1-4H3,(H,31,37)(H,32,36). The van der Waals surface area contributed by atoms with Gasteiger partial charge in [0.2, 0.25) is 5.91 Å². The number of hydrogen-bond donors (Lipinski definition) is 2. The first-order valence-electron chi connectivity index (χ1n) is 12.3. The zero-order valence-electron chi connectivity index (χ0n) is 22.2. The van der Waals surface area contributed by atoms with Crippen molar-refractivity contribution in [3.05, 3.63) is 95.6 Å². The second kappa shape index (κ2) is 12.1. The second-order valence-corrected chi connectivity index (χ2v) is 10.7. The fraction of sp³-hybridized carbons (Fsp3) is 0.241. The van der Waals surface area contributed by atoms with E-state index in [0.29, 0.717) is 33.7 Å². The summed E-state index contributed by atoms with van der Waals surface area (Å²) in [4.78, 5) is 25.4. The fourth-order valence-electron chi connectivity index (χ4n) is 3.74. The minimum atomic E-state index is -0.381. The third-order valence-electron chi connectivity index (χ3n) is 5.91. The maximum absolute atomic E-state index is 13.6. The van der Waals surface area contributed by atoms with Crippen molar-refractivity contribution in [1.29, 1.82) is 0 Å². The number of nitrogens with one attached hydrogen (secondary N) is 2. The van der Waals surface area contributed by atoms with Crippen molar-refractivity contribution < 1.29 is 18.7 Å². The summed E-state index contributed by atoms with van der Waals surface area (Å²) in [6.07, 6.45) is 0. The smallest absolute Gasteiger partial charge is 0.251 e. The molecule has 0 bridgehead atoms. The Labute approximate surface area is 231 Å². The Kier molecular flexibility index (Phi) is 8.65. The van der Waals surface area contributed by atoms with Crippen LogP contribution in [0.5, 0.6) is 5.75 Å². The van der Waals surface area contributed by atoms with Crippen LogP contribution in [0.2, 0.25) is 0 Å². The van der Waals surface area contributed by atoms with Gasteiger partial charge in [0.1, 0.15) is 11.6 Å². The Hall–Kier alpha value is -4.18. The van der Waals surface area contributed by atoms with Crippen LogP contribution >= 0.6 is 11.8 Å². The lowest BCUT2D eigenvalue weighted by Gasteiger charge is -2.19. The molecule has 0 radical (unpaired) electrons. The predicted molar refractivity (Wildman–Crippen MR) is 150 cm³/mol. The molecule has 4 rings (SSSR count). The summed E-state index contributed by atoms with van der Waals surface area (Å²) < 4.78 is 20.5.